The number of anilines is 2. The van der Waals surface area contributed by atoms with Crippen molar-refractivity contribution in [2.24, 2.45) is 10.8 Å². The summed E-state index contributed by atoms with van der Waals surface area (Å²) >= 11 is 0. The molecule has 1 aliphatic rings. The smallest absolute Gasteiger partial charge is 0.135 e. The van der Waals surface area contributed by atoms with Crippen molar-refractivity contribution in [3.8, 4) is 17.3 Å². The Labute approximate surface area is 474 Å². The van der Waals surface area contributed by atoms with Crippen molar-refractivity contribution in [2.75, 3.05) is 9.80 Å². The Morgan fingerprint density at radius 3 is 1.45 bits per heavy atom. The van der Waals surface area contributed by atoms with E-state index in [1.165, 1.54) is 44.8 Å². The predicted octanol–water partition coefficient (Wildman–Crippen LogP) is 18.6. The summed E-state index contributed by atoms with van der Waals surface area (Å²) in [4.78, 5) is 9.87. The molecule has 77 heavy (non-hydrogen) atoms. The molecule has 7 aromatic carbocycles. The molecule has 3 heterocycles. The molecule has 0 saturated heterocycles. The number of allylic oxidation sites excluding steroid dienone is 2. The largest absolute Gasteiger partial charge is 0.509 e. The number of benzene rings is 7. The molecule has 0 amide bonds. The van der Waals surface area contributed by atoms with Gasteiger partial charge in [-0.25, -0.2) is 4.98 Å². The minimum absolute atomic E-state index is 0. The fourth-order valence-electron chi connectivity index (χ4n) is 11.2. The van der Waals surface area contributed by atoms with E-state index in [-0.39, 0.29) is 53.6 Å². The van der Waals surface area contributed by atoms with Gasteiger partial charge in [-0.3, -0.25) is 0 Å². The van der Waals surface area contributed by atoms with Crippen LogP contribution in [0.25, 0.3) is 27.6 Å². The first-order chi connectivity index (χ1) is 35.8. The van der Waals surface area contributed by atoms with E-state index in [4.69, 9.17) is 9.72 Å². The molecule has 0 unspecified atom stereocenters. The average molecular weight is 1200 g/mol. The Morgan fingerprint density at radius 1 is 0.416 bits per heavy atom. The summed E-state index contributed by atoms with van der Waals surface area (Å²) in [6.45, 7) is 37.1. The maximum Gasteiger partial charge on any atom is 0.135 e. The molecule has 0 aliphatic carbocycles. The number of rotatable bonds is 11. The Balaban J connectivity index is 0.00000722. The van der Waals surface area contributed by atoms with E-state index in [1.807, 2.05) is 12.3 Å². The van der Waals surface area contributed by atoms with Gasteiger partial charge in [0, 0.05) is 88.4 Å². The van der Waals surface area contributed by atoms with Crippen LogP contribution in [0.3, 0.4) is 0 Å². The second-order valence-electron chi connectivity index (χ2n) is 25.6. The second kappa shape index (κ2) is 20.3. The van der Waals surface area contributed by atoms with Gasteiger partial charge in [0.1, 0.15) is 5.82 Å². The van der Waals surface area contributed by atoms with Crippen LogP contribution in [-0.2, 0) is 42.7 Å². The van der Waals surface area contributed by atoms with Crippen molar-refractivity contribution in [3.63, 3.8) is 0 Å². The minimum Gasteiger partial charge on any atom is -0.509 e. The molecule has 0 radical (unpaired) electrons. The third-order valence-corrected chi connectivity index (χ3v) is 15.9. The number of hydrogen-bond donors (Lipinski definition) is 0. The van der Waals surface area contributed by atoms with Crippen molar-refractivity contribution in [1.82, 2.24) is 9.55 Å². The molecule has 5 nitrogen and oxygen atoms in total. The van der Waals surface area contributed by atoms with Gasteiger partial charge in [-0.05, 0) is 74.5 Å². The SMILES string of the molecule is CC(C)(C)C1=C(C(C)(C)C)N(c2cc(C(C)(C)c3ccccc3)cc(C(C)(C)c3ccccc3)c2)[CH-]N1c1[c-]c(Oc2[c-]c3c(cc2)c2ccccc2n3-c2cc(C(C)(C)c3ccccc3)ccn2)cc(C(C)(C)C)c1.[Pt]. The molecule has 0 atom stereocenters. The van der Waals surface area contributed by atoms with E-state index in [9.17, 15) is 0 Å². The zero-order valence-corrected chi connectivity index (χ0v) is 50.1. The first-order valence-electron chi connectivity index (χ1n) is 27.0. The van der Waals surface area contributed by atoms with E-state index in [2.05, 4.69) is 301 Å². The van der Waals surface area contributed by atoms with Gasteiger partial charge in [-0.15, -0.1) is 53.6 Å². The van der Waals surface area contributed by atoms with Crippen molar-refractivity contribution in [3.05, 3.63) is 245 Å². The third-order valence-electron chi connectivity index (χ3n) is 15.9. The zero-order chi connectivity index (χ0) is 54.2. The Hall–Kier alpha value is -6.68. The van der Waals surface area contributed by atoms with E-state index in [1.54, 1.807) is 0 Å². The van der Waals surface area contributed by atoms with E-state index < -0.39 is 0 Å². The molecule has 9 aromatic rings. The first kappa shape index (κ1) is 55.1. The van der Waals surface area contributed by atoms with E-state index in [0.29, 0.717) is 11.5 Å². The number of para-hydroxylation sites is 1. The van der Waals surface area contributed by atoms with Crippen LogP contribution in [-0.4, -0.2) is 9.55 Å². The Bertz CT molecular complexity index is 3550. The molecule has 0 fully saturated rings. The molecular formula is C71H75N4OPt-3. The van der Waals surface area contributed by atoms with Gasteiger partial charge < -0.3 is 19.1 Å². The zero-order valence-electron chi connectivity index (χ0n) is 47.8. The fraction of sp³-hybridized carbons (Fsp3) is 0.296. The summed E-state index contributed by atoms with van der Waals surface area (Å²) in [5.74, 6) is 2.06. The number of fused-ring (bicyclic) bond motifs is 3. The molecule has 6 heteroatoms. The average Bonchev–Trinajstić information content (AvgIpc) is 3.97. The molecule has 2 aromatic heterocycles. The molecule has 1 aliphatic heterocycles. The standard InChI is InChI=1S/C71H75N4O.Pt/c1-66(2,3)52-40-56(45-58(43-52)76-57-35-36-60-59-33-25-26-34-61(59)75(62(60)46-57)63-44-51(37-38-72-63)69(10,11)48-27-19-16-20-28-48)74-47-73(64(67(4,5)6)65(74)68(7,8)9)55-41-53(70(12,13)49-29-21-17-22-30-49)39-54(42-55)71(14,15)50-31-23-18-24-32-50;/h16-44,47H,1-15H3;/q-3;. The van der Waals surface area contributed by atoms with Gasteiger partial charge in [0.15, 0.2) is 0 Å². The molecule has 0 spiro atoms. The monoisotopic (exact) mass is 1190 g/mol. The van der Waals surface area contributed by atoms with Crippen molar-refractivity contribution < 1.29 is 25.8 Å². The van der Waals surface area contributed by atoms with Crippen LogP contribution in [0.15, 0.2) is 187 Å². The van der Waals surface area contributed by atoms with Gasteiger partial charge in [-0.2, -0.15) is 6.07 Å². The van der Waals surface area contributed by atoms with Gasteiger partial charge >= 0.3 is 0 Å². The van der Waals surface area contributed by atoms with Crippen LogP contribution in [0.5, 0.6) is 11.5 Å². The van der Waals surface area contributed by atoms with Crippen LogP contribution >= 0.6 is 0 Å². The topological polar surface area (TPSA) is 33.5 Å². The molecule has 0 bridgehead atoms. The van der Waals surface area contributed by atoms with Crippen molar-refractivity contribution in [2.45, 2.75) is 126 Å². The Kier molecular flexibility index (Phi) is 14.5. The molecule has 398 valence electrons. The van der Waals surface area contributed by atoms with E-state index in [0.717, 1.165) is 44.6 Å². The molecule has 0 N–H and O–H groups in total. The summed E-state index contributed by atoms with van der Waals surface area (Å²) in [5.41, 5.74) is 13.5. The van der Waals surface area contributed by atoms with Gasteiger partial charge in [0.25, 0.3) is 0 Å². The van der Waals surface area contributed by atoms with Crippen molar-refractivity contribution in [1.29, 1.82) is 0 Å². The van der Waals surface area contributed by atoms with E-state index >= 15 is 0 Å². The normalized spacial score (nSPS) is 13.9. The number of aromatic nitrogens is 2. The summed E-state index contributed by atoms with van der Waals surface area (Å²) in [6.07, 6.45) is 1.93. The number of pyridine rings is 1. The van der Waals surface area contributed by atoms with Crippen LogP contribution in [0.2, 0.25) is 0 Å². The van der Waals surface area contributed by atoms with Crippen LogP contribution in [0.4, 0.5) is 11.4 Å². The second-order valence-corrected chi connectivity index (χ2v) is 25.6. The fourth-order valence-corrected chi connectivity index (χ4v) is 11.2. The summed E-state index contributed by atoms with van der Waals surface area (Å²) in [5, 5.41) is 2.21. The molecule has 0 saturated carbocycles. The Morgan fingerprint density at radius 2 is 0.922 bits per heavy atom. The summed E-state index contributed by atoms with van der Waals surface area (Å²) < 4.78 is 9.28. The maximum atomic E-state index is 7.05. The quantitative estimate of drug-likeness (QED) is 0.121. The number of ether oxygens (including phenoxy) is 1. The van der Waals surface area contributed by atoms with Gasteiger partial charge in [-0.1, -0.05) is 225 Å². The van der Waals surface area contributed by atoms with Gasteiger partial charge in [0.2, 0.25) is 0 Å². The van der Waals surface area contributed by atoms with Gasteiger partial charge in [0.05, 0.1) is 0 Å². The van der Waals surface area contributed by atoms with Crippen LogP contribution in [0.1, 0.15) is 143 Å². The number of hydrogen-bond acceptors (Lipinski definition) is 4. The summed E-state index contributed by atoms with van der Waals surface area (Å²) in [7, 11) is 0. The minimum atomic E-state index is -0.286. The van der Waals surface area contributed by atoms with Crippen molar-refractivity contribution >= 4 is 33.2 Å². The number of nitrogens with zero attached hydrogens (tertiary/aromatic N) is 4. The van der Waals surface area contributed by atoms with Crippen LogP contribution < -0.4 is 14.5 Å². The summed E-state index contributed by atoms with van der Waals surface area (Å²) in [6, 6.07) is 69.0. The first-order valence-corrected chi connectivity index (χ1v) is 27.0. The molecular weight excluding hydrogens is 1120 g/mol. The molecule has 10 rings (SSSR count). The third kappa shape index (κ3) is 10.5. The predicted molar refractivity (Wildman–Crippen MR) is 319 cm³/mol. The maximum absolute atomic E-state index is 7.05. The van der Waals surface area contributed by atoms with Crippen LogP contribution in [0, 0.1) is 29.6 Å².